The number of nitrogens with one attached hydrogen (secondary N) is 1. The van der Waals surface area contributed by atoms with Crippen LogP contribution in [0.25, 0.3) is 0 Å². The second kappa shape index (κ2) is 7.87. The molecule has 1 aromatic rings. The minimum absolute atomic E-state index is 0.635. The van der Waals surface area contributed by atoms with Gasteiger partial charge in [-0.1, -0.05) is 13.8 Å². The molecule has 0 amide bonds. The molecular formula is C13H24N4O. The molecule has 1 aromatic heterocycles. The topological polar surface area (TPSA) is 50.3 Å². The molecule has 0 aromatic carbocycles. The monoisotopic (exact) mass is 252 g/mol. The van der Waals surface area contributed by atoms with Crippen molar-refractivity contribution < 1.29 is 4.74 Å². The predicted octanol–water partition coefficient (Wildman–Crippen LogP) is 1.94. The van der Waals surface area contributed by atoms with E-state index < -0.39 is 0 Å². The largest absolute Gasteiger partial charge is 0.481 e. The number of rotatable bonds is 8. The summed E-state index contributed by atoms with van der Waals surface area (Å²) >= 11 is 0. The van der Waals surface area contributed by atoms with Crippen molar-refractivity contribution in [2.45, 2.75) is 27.2 Å². The molecule has 18 heavy (non-hydrogen) atoms. The third-order valence-corrected chi connectivity index (χ3v) is 3.07. The van der Waals surface area contributed by atoms with Crippen molar-refractivity contribution in [2.75, 3.05) is 38.6 Å². The van der Waals surface area contributed by atoms with Crippen LogP contribution in [0, 0.1) is 6.92 Å². The van der Waals surface area contributed by atoms with E-state index in [2.05, 4.69) is 34.0 Å². The van der Waals surface area contributed by atoms with E-state index in [1.807, 2.05) is 6.92 Å². The number of aromatic nitrogens is 2. The van der Waals surface area contributed by atoms with Gasteiger partial charge < -0.3 is 15.0 Å². The normalized spacial score (nSPS) is 10.7. The fourth-order valence-electron chi connectivity index (χ4n) is 1.87. The number of methoxy groups -OCH3 is 1. The van der Waals surface area contributed by atoms with E-state index in [0.29, 0.717) is 5.88 Å². The number of hydrogen-bond donors (Lipinski definition) is 1. The molecule has 0 saturated carbocycles. The molecule has 102 valence electrons. The first-order chi connectivity index (χ1) is 8.72. The SMILES string of the molecule is CCN(CC)CCCNc1ncnc(OC)c1C. The zero-order chi connectivity index (χ0) is 13.4. The van der Waals surface area contributed by atoms with Crippen molar-refractivity contribution in [3.8, 4) is 5.88 Å². The van der Waals surface area contributed by atoms with Gasteiger partial charge in [0.15, 0.2) is 0 Å². The zero-order valence-electron chi connectivity index (χ0n) is 11.9. The molecule has 0 radical (unpaired) electrons. The maximum atomic E-state index is 5.17. The molecule has 1 heterocycles. The zero-order valence-corrected chi connectivity index (χ0v) is 11.9. The summed E-state index contributed by atoms with van der Waals surface area (Å²) in [6, 6.07) is 0. The van der Waals surface area contributed by atoms with Gasteiger partial charge >= 0.3 is 0 Å². The summed E-state index contributed by atoms with van der Waals surface area (Å²) in [5.74, 6) is 1.50. The van der Waals surface area contributed by atoms with Crippen LogP contribution >= 0.6 is 0 Å². The molecule has 1 N–H and O–H groups in total. The van der Waals surface area contributed by atoms with Crippen LogP contribution in [0.3, 0.4) is 0 Å². The highest BCUT2D eigenvalue weighted by Gasteiger charge is 2.06. The van der Waals surface area contributed by atoms with Gasteiger partial charge in [-0.05, 0) is 33.0 Å². The molecule has 0 spiro atoms. The van der Waals surface area contributed by atoms with Gasteiger partial charge in [0.1, 0.15) is 12.1 Å². The number of hydrogen-bond acceptors (Lipinski definition) is 5. The van der Waals surface area contributed by atoms with E-state index in [1.165, 1.54) is 6.33 Å². The van der Waals surface area contributed by atoms with Crippen molar-refractivity contribution in [3.05, 3.63) is 11.9 Å². The van der Waals surface area contributed by atoms with Gasteiger partial charge in [0.05, 0.1) is 12.7 Å². The van der Waals surface area contributed by atoms with Gasteiger partial charge in [0.2, 0.25) is 5.88 Å². The Morgan fingerprint density at radius 3 is 2.61 bits per heavy atom. The van der Waals surface area contributed by atoms with Crippen LogP contribution in [-0.4, -0.2) is 48.2 Å². The van der Waals surface area contributed by atoms with E-state index >= 15 is 0 Å². The van der Waals surface area contributed by atoms with Crippen LogP contribution in [-0.2, 0) is 0 Å². The van der Waals surface area contributed by atoms with Crippen molar-refractivity contribution in [1.82, 2.24) is 14.9 Å². The molecule has 5 heteroatoms. The molecular weight excluding hydrogens is 228 g/mol. The Morgan fingerprint density at radius 2 is 2.00 bits per heavy atom. The van der Waals surface area contributed by atoms with Crippen molar-refractivity contribution in [2.24, 2.45) is 0 Å². The van der Waals surface area contributed by atoms with Crippen molar-refractivity contribution in [3.63, 3.8) is 0 Å². The quantitative estimate of drug-likeness (QED) is 0.717. The lowest BCUT2D eigenvalue weighted by atomic mass is 10.3. The minimum Gasteiger partial charge on any atom is -0.481 e. The molecule has 0 aliphatic heterocycles. The van der Waals surface area contributed by atoms with Crippen LogP contribution in [0.5, 0.6) is 5.88 Å². The summed E-state index contributed by atoms with van der Waals surface area (Å²) in [5, 5.41) is 3.33. The van der Waals surface area contributed by atoms with Gasteiger partial charge in [0.25, 0.3) is 0 Å². The van der Waals surface area contributed by atoms with E-state index in [4.69, 9.17) is 4.74 Å². The highest BCUT2D eigenvalue weighted by Crippen LogP contribution is 2.19. The average Bonchev–Trinajstić information content (AvgIpc) is 2.40. The van der Waals surface area contributed by atoms with Crippen LogP contribution < -0.4 is 10.1 Å². The van der Waals surface area contributed by atoms with Gasteiger partial charge in [-0.15, -0.1) is 0 Å². The van der Waals surface area contributed by atoms with E-state index in [0.717, 1.165) is 44.0 Å². The first-order valence-corrected chi connectivity index (χ1v) is 6.54. The Morgan fingerprint density at radius 1 is 1.28 bits per heavy atom. The van der Waals surface area contributed by atoms with E-state index in [1.54, 1.807) is 7.11 Å². The first-order valence-electron chi connectivity index (χ1n) is 6.54. The van der Waals surface area contributed by atoms with Gasteiger partial charge in [-0.3, -0.25) is 0 Å². The Hall–Kier alpha value is -1.36. The van der Waals surface area contributed by atoms with Crippen LogP contribution in [0.2, 0.25) is 0 Å². The highest BCUT2D eigenvalue weighted by molar-refractivity contribution is 5.47. The Balaban J connectivity index is 2.40. The maximum absolute atomic E-state index is 5.17. The lowest BCUT2D eigenvalue weighted by molar-refractivity contribution is 0.303. The standard InChI is InChI=1S/C13H24N4O/c1-5-17(6-2)9-7-8-14-12-11(3)13(18-4)16-10-15-12/h10H,5-9H2,1-4H3,(H,14,15,16). The lowest BCUT2D eigenvalue weighted by Crippen LogP contribution is -2.25. The molecule has 0 fully saturated rings. The Labute approximate surface area is 110 Å². The Bertz CT molecular complexity index is 353. The van der Waals surface area contributed by atoms with Crippen molar-refractivity contribution in [1.29, 1.82) is 0 Å². The lowest BCUT2D eigenvalue weighted by Gasteiger charge is -2.18. The van der Waals surface area contributed by atoms with Gasteiger partial charge in [0, 0.05) is 6.54 Å². The minimum atomic E-state index is 0.635. The fraction of sp³-hybridized carbons (Fsp3) is 0.692. The summed E-state index contributed by atoms with van der Waals surface area (Å²) in [5.41, 5.74) is 0.961. The summed E-state index contributed by atoms with van der Waals surface area (Å²) in [7, 11) is 1.62. The number of ether oxygens (including phenoxy) is 1. The summed E-state index contributed by atoms with van der Waals surface area (Å²) in [4.78, 5) is 10.7. The summed E-state index contributed by atoms with van der Waals surface area (Å²) < 4.78 is 5.17. The van der Waals surface area contributed by atoms with Gasteiger partial charge in [-0.2, -0.15) is 0 Å². The molecule has 0 saturated heterocycles. The van der Waals surface area contributed by atoms with Gasteiger partial charge in [-0.25, -0.2) is 9.97 Å². The van der Waals surface area contributed by atoms with E-state index in [-0.39, 0.29) is 0 Å². The molecule has 0 atom stereocenters. The molecule has 1 rings (SSSR count). The predicted molar refractivity (Wildman–Crippen MR) is 74.2 cm³/mol. The number of anilines is 1. The highest BCUT2D eigenvalue weighted by atomic mass is 16.5. The summed E-state index contributed by atoms with van der Waals surface area (Å²) in [6.07, 6.45) is 2.63. The fourth-order valence-corrected chi connectivity index (χ4v) is 1.87. The van der Waals surface area contributed by atoms with Crippen LogP contribution in [0.15, 0.2) is 6.33 Å². The Kier molecular flexibility index (Phi) is 6.43. The molecule has 0 aliphatic carbocycles. The van der Waals surface area contributed by atoms with Crippen molar-refractivity contribution >= 4 is 5.82 Å². The molecule has 5 nitrogen and oxygen atoms in total. The van der Waals surface area contributed by atoms with Crippen LogP contribution in [0.4, 0.5) is 5.82 Å². The third-order valence-electron chi connectivity index (χ3n) is 3.07. The first kappa shape index (κ1) is 14.7. The molecule has 0 unspecified atom stereocenters. The maximum Gasteiger partial charge on any atom is 0.221 e. The van der Waals surface area contributed by atoms with E-state index in [9.17, 15) is 0 Å². The third kappa shape index (κ3) is 4.14. The van der Waals surface area contributed by atoms with Crippen LogP contribution in [0.1, 0.15) is 25.8 Å². The molecule has 0 aliphatic rings. The average molecular weight is 252 g/mol. The second-order valence-corrected chi connectivity index (χ2v) is 4.16. The number of nitrogens with zero attached hydrogens (tertiary/aromatic N) is 3. The summed E-state index contributed by atoms with van der Waals surface area (Å²) in [6.45, 7) is 10.6. The second-order valence-electron chi connectivity index (χ2n) is 4.16. The smallest absolute Gasteiger partial charge is 0.221 e. The molecule has 0 bridgehead atoms.